The van der Waals surface area contributed by atoms with Crippen molar-refractivity contribution in [3.63, 3.8) is 0 Å². The molecular formula is C12H21N3O. The van der Waals surface area contributed by atoms with Crippen LogP contribution in [0.2, 0.25) is 0 Å². The largest absolute Gasteiger partial charge is 0.335 e. The summed E-state index contributed by atoms with van der Waals surface area (Å²) >= 11 is 0. The van der Waals surface area contributed by atoms with E-state index >= 15 is 0 Å². The molecule has 1 unspecified atom stereocenters. The molecule has 0 bridgehead atoms. The van der Waals surface area contributed by atoms with Crippen LogP contribution in [0.3, 0.4) is 0 Å². The van der Waals surface area contributed by atoms with Crippen molar-refractivity contribution in [3.8, 4) is 0 Å². The van der Waals surface area contributed by atoms with Gasteiger partial charge >= 0.3 is 0 Å². The third-order valence-corrected chi connectivity index (χ3v) is 3.51. The summed E-state index contributed by atoms with van der Waals surface area (Å²) in [6.07, 6.45) is 3.72. The van der Waals surface area contributed by atoms with Crippen molar-refractivity contribution in [2.75, 3.05) is 39.3 Å². The van der Waals surface area contributed by atoms with E-state index in [1.54, 1.807) is 0 Å². The minimum Gasteiger partial charge on any atom is -0.335 e. The maximum atomic E-state index is 11.6. The van der Waals surface area contributed by atoms with E-state index < -0.39 is 0 Å². The Hall–Kier alpha value is -0.870. The van der Waals surface area contributed by atoms with E-state index in [-0.39, 0.29) is 5.91 Å². The van der Waals surface area contributed by atoms with Crippen molar-refractivity contribution < 1.29 is 4.79 Å². The van der Waals surface area contributed by atoms with E-state index in [1.807, 2.05) is 4.90 Å². The molecule has 4 heteroatoms. The van der Waals surface area contributed by atoms with Gasteiger partial charge in [0.05, 0.1) is 0 Å². The molecular weight excluding hydrogens is 202 g/mol. The maximum Gasteiger partial charge on any atom is 0.246 e. The van der Waals surface area contributed by atoms with Gasteiger partial charge in [0.15, 0.2) is 0 Å². The van der Waals surface area contributed by atoms with Crippen LogP contribution in [0.1, 0.15) is 12.8 Å². The van der Waals surface area contributed by atoms with Crippen molar-refractivity contribution in [2.24, 2.45) is 0 Å². The molecule has 2 saturated heterocycles. The Morgan fingerprint density at radius 2 is 2.12 bits per heavy atom. The Bertz CT molecular complexity index is 261. The molecule has 16 heavy (non-hydrogen) atoms. The lowest BCUT2D eigenvalue weighted by molar-refractivity contribution is -0.127. The first kappa shape index (κ1) is 11.6. The van der Waals surface area contributed by atoms with Gasteiger partial charge in [-0.3, -0.25) is 9.69 Å². The quantitative estimate of drug-likeness (QED) is 0.688. The van der Waals surface area contributed by atoms with Gasteiger partial charge in [0.2, 0.25) is 5.91 Å². The summed E-state index contributed by atoms with van der Waals surface area (Å²) < 4.78 is 0. The smallest absolute Gasteiger partial charge is 0.246 e. The third-order valence-electron chi connectivity index (χ3n) is 3.51. The molecule has 0 saturated carbocycles. The van der Waals surface area contributed by atoms with Gasteiger partial charge in [-0.05, 0) is 18.9 Å². The molecule has 0 aromatic rings. The van der Waals surface area contributed by atoms with Crippen molar-refractivity contribution in [1.29, 1.82) is 0 Å². The van der Waals surface area contributed by atoms with Crippen LogP contribution in [0.4, 0.5) is 0 Å². The lowest BCUT2D eigenvalue weighted by Crippen LogP contribution is -2.49. The minimum atomic E-state index is 0.0950. The van der Waals surface area contributed by atoms with Crippen LogP contribution in [-0.2, 0) is 4.79 Å². The highest BCUT2D eigenvalue weighted by molar-refractivity contribution is 5.87. The highest BCUT2D eigenvalue weighted by Crippen LogP contribution is 2.18. The van der Waals surface area contributed by atoms with Crippen LogP contribution in [0, 0.1) is 0 Å². The van der Waals surface area contributed by atoms with Gasteiger partial charge in [0.1, 0.15) is 0 Å². The first-order valence-corrected chi connectivity index (χ1v) is 6.17. The average molecular weight is 223 g/mol. The summed E-state index contributed by atoms with van der Waals surface area (Å²) in [4.78, 5) is 16.1. The normalized spacial score (nSPS) is 27.0. The number of nitrogens with one attached hydrogen (secondary N) is 1. The molecule has 90 valence electrons. The van der Waals surface area contributed by atoms with Crippen LogP contribution < -0.4 is 5.32 Å². The molecule has 1 amide bonds. The van der Waals surface area contributed by atoms with Crippen LogP contribution >= 0.6 is 0 Å². The monoisotopic (exact) mass is 223 g/mol. The van der Waals surface area contributed by atoms with Crippen LogP contribution in [-0.4, -0.2) is 61.0 Å². The van der Waals surface area contributed by atoms with E-state index in [1.165, 1.54) is 6.08 Å². The predicted molar refractivity (Wildman–Crippen MR) is 64.2 cm³/mol. The molecule has 0 aromatic heterocycles. The van der Waals surface area contributed by atoms with Crippen LogP contribution in [0.25, 0.3) is 0 Å². The van der Waals surface area contributed by atoms with Gasteiger partial charge in [-0.2, -0.15) is 0 Å². The van der Waals surface area contributed by atoms with E-state index in [0.29, 0.717) is 6.04 Å². The van der Waals surface area contributed by atoms with E-state index in [2.05, 4.69) is 16.8 Å². The third kappa shape index (κ3) is 2.62. The molecule has 4 nitrogen and oxygen atoms in total. The number of rotatable bonds is 3. The zero-order valence-corrected chi connectivity index (χ0v) is 9.82. The second-order valence-corrected chi connectivity index (χ2v) is 4.58. The number of nitrogens with zero attached hydrogens (tertiary/aromatic N) is 2. The van der Waals surface area contributed by atoms with Gasteiger partial charge in [-0.15, -0.1) is 0 Å². The number of carbonyl (C=O) groups excluding carboxylic acids is 1. The Kier molecular flexibility index (Phi) is 3.96. The molecule has 0 spiro atoms. The van der Waals surface area contributed by atoms with Crippen LogP contribution in [0.15, 0.2) is 12.7 Å². The number of amides is 1. The van der Waals surface area contributed by atoms with Crippen molar-refractivity contribution in [2.45, 2.75) is 18.9 Å². The van der Waals surface area contributed by atoms with Gasteiger partial charge in [-0.1, -0.05) is 6.58 Å². The van der Waals surface area contributed by atoms with Gasteiger partial charge < -0.3 is 10.2 Å². The van der Waals surface area contributed by atoms with Crippen molar-refractivity contribution >= 4 is 5.91 Å². The van der Waals surface area contributed by atoms with Gasteiger partial charge in [0.25, 0.3) is 0 Å². The van der Waals surface area contributed by atoms with Gasteiger partial charge in [0, 0.05) is 45.3 Å². The zero-order chi connectivity index (χ0) is 11.4. The first-order chi connectivity index (χ1) is 7.81. The number of carbonyl (C=O) groups is 1. The topological polar surface area (TPSA) is 35.6 Å². The summed E-state index contributed by atoms with van der Waals surface area (Å²) in [6, 6.07) is 0.406. The summed E-state index contributed by atoms with van der Waals surface area (Å²) in [5.74, 6) is 0.0950. The Balaban J connectivity index is 1.87. The molecule has 2 aliphatic heterocycles. The maximum absolute atomic E-state index is 11.6. The molecule has 2 fully saturated rings. The number of hydrogen-bond acceptors (Lipinski definition) is 3. The fourth-order valence-electron chi connectivity index (χ4n) is 2.62. The Labute approximate surface area is 97.3 Å². The van der Waals surface area contributed by atoms with E-state index in [9.17, 15) is 4.79 Å². The zero-order valence-electron chi connectivity index (χ0n) is 9.82. The van der Waals surface area contributed by atoms with Crippen molar-refractivity contribution in [1.82, 2.24) is 15.1 Å². The van der Waals surface area contributed by atoms with E-state index in [0.717, 1.165) is 52.1 Å². The Morgan fingerprint density at radius 3 is 2.81 bits per heavy atom. The summed E-state index contributed by atoms with van der Waals surface area (Å²) in [7, 11) is 0. The molecule has 1 atom stereocenters. The molecule has 1 N–H and O–H groups in total. The molecule has 0 aromatic carbocycles. The predicted octanol–water partition coefficient (Wildman–Crippen LogP) is 0.0686. The molecule has 0 aliphatic carbocycles. The molecule has 0 radical (unpaired) electrons. The highest BCUT2D eigenvalue weighted by Gasteiger charge is 2.28. The lowest BCUT2D eigenvalue weighted by atomic mass is 10.2. The number of hydrogen-bond donors (Lipinski definition) is 1. The number of piperazine rings is 1. The summed E-state index contributed by atoms with van der Waals surface area (Å²) in [6.45, 7) is 9.86. The Morgan fingerprint density at radius 1 is 1.38 bits per heavy atom. The molecule has 2 heterocycles. The SMILES string of the molecule is C=CC(=O)N1CCCC1CN1CCNCC1. The second-order valence-electron chi connectivity index (χ2n) is 4.58. The lowest BCUT2D eigenvalue weighted by Gasteiger charge is -2.32. The summed E-state index contributed by atoms with van der Waals surface area (Å²) in [5.41, 5.74) is 0. The first-order valence-electron chi connectivity index (χ1n) is 6.17. The number of likely N-dealkylation sites (tertiary alicyclic amines) is 1. The molecule has 2 aliphatic rings. The van der Waals surface area contributed by atoms with Crippen molar-refractivity contribution in [3.05, 3.63) is 12.7 Å². The van der Waals surface area contributed by atoms with E-state index in [4.69, 9.17) is 0 Å². The fraction of sp³-hybridized carbons (Fsp3) is 0.750. The standard InChI is InChI=1S/C12H21N3O/c1-2-12(16)15-7-3-4-11(15)10-14-8-5-13-6-9-14/h2,11,13H,1,3-10H2. The van der Waals surface area contributed by atoms with Crippen LogP contribution in [0.5, 0.6) is 0 Å². The minimum absolute atomic E-state index is 0.0950. The van der Waals surface area contributed by atoms with Gasteiger partial charge in [-0.25, -0.2) is 0 Å². The highest BCUT2D eigenvalue weighted by atomic mass is 16.2. The second kappa shape index (κ2) is 5.46. The summed E-state index contributed by atoms with van der Waals surface area (Å²) in [5, 5.41) is 3.35. The molecule has 2 rings (SSSR count). The fourth-order valence-corrected chi connectivity index (χ4v) is 2.62. The average Bonchev–Trinajstić information content (AvgIpc) is 2.77.